The molecule has 3 aromatic rings. The number of carbonyl (C=O) groups excluding carboxylic acids is 1. The molecular formula is C19H15N3O3S. The minimum atomic E-state index is -1.12. The molecule has 130 valence electrons. The second kappa shape index (κ2) is 6.27. The van der Waals surface area contributed by atoms with Crippen LogP contribution in [0.5, 0.6) is 0 Å². The smallest absolute Gasteiger partial charge is 0.409 e. The molecule has 0 fully saturated rings. The molecule has 0 atom stereocenters. The first-order valence-electron chi connectivity index (χ1n) is 7.95. The van der Waals surface area contributed by atoms with Crippen LogP contribution in [0.15, 0.2) is 48.8 Å². The number of nitrogens with one attached hydrogen (secondary N) is 1. The van der Waals surface area contributed by atoms with Crippen LogP contribution in [-0.2, 0) is 6.54 Å². The van der Waals surface area contributed by atoms with Crippen molar-refractivity contribution in [1.29, 1.82) is 0 Å². The summed E-state index contributed by atoms with van der Waals surface area (Å²) in [6.07, 6.45) is 2.04. The van der Waals surface area contributed by atoms with Crippen LogP contribution in [0, 0.1) is 0 Å². The van der Waals surface area contributed by atoms with Crippen molar-refractivity contribution in [2.24, 2.45) is 0 Å². The molecule has 2 aromatic heterocycles. The van der Waals surface area contributed by atoms with Crippen molar-refractivity contribution in [3.63, 3.8) is 0 Å². The molecule has 0 saturated heterocycles. The van der Waals surface area contributed by atoms with Crippen molar-refractivity contribution in [3.8, 4) is 20.9 Å². The van der Waals surface area contributed by atoms with Gasteiger partial charge in [-0.25, -0.2) is 4.79 Å². The summed E-state index contributed by atoms with van der Waals surface area (Å²) in [5, 5.41) is 11.1. The molecule has 2 amide bonds. The molecule has 1 aliphatic heterocycles. The Kier molecular flexibility index (Phi) is 3.93. The van der Waals surface area contributed by atoms with Gasteiger partial charge in [-0.15, -0.1) is 11.3 Å². The lowest BCUT2D eigenvalue weighted by Crippen LogP contribution is -2.17. The van der Waals surface area contributed by atoms with E-state index in [9.17, 15) is 9.59 Å². The van der Waals surface area contributed by atoms with Gasteiger partial charge >= 0.3 is 6.09 Å². The van der Waals surface area contributed by atoms with Crippen molar-refractivity contribution in [1.82, 2.24) is 9.88 Å². The fourth-order valence-electron chi connectivity index (χ4n) is 3.01. The Morgan fingerprint density at radius 3 is 2.69 bits per heavy atom. The molecule has 1 aromatic carbocycles. The lowest BCUT2D eigenvalue weighted by Gasteiger charge is -2.04. The van der Waals surface area contributed by atoms with Crippen LogP contribution in [0.2, 0.25) is 0 Å². The Morgan fingerprint density at radius 2 is 1.92 bits per heavy atom. The van der Waals surface area contributed by atoms with Gasteiger partial charge in [-0.05, 0) is 35.4 Å². The summed E-state index contributed by atoms with van der Waals surface area (Å²) in [6, 6.07) is 11.7. The number of thiophene rings is 1. The van der Waals surface area contributed by atoms with E-state index in [2.05, 4.69) is 10.3 Å². The van der Waals surface area contributed by atoms with E-state index in [-0.39, 0.29) is 5.91 Å². The van der Waals surface area contributed by atoms with Crippen LogP contribution in [-0.4, -0.2) is 34.0 Å². The molecule has 2 N–H and O–H groups in total. The van der Waals surface area contributed by atoms with E-state index < -0.39 is 6.09 Å². The van der Waals surface area contributed by atoms with Crippen molar-refractivity contribution in [3.05, 3.63) is 59.9 Å². The fourth-order valence-corrected chi connectivity index (χ4v) is 4.00. The van der Waals surface area contributed by atoms with E-state index >= 15 is 0 Å². The number of fused-ring (bicyclic) bond motifs is 1. The molecule has 0 spiro atoms. The molecule has 3 heterocycles. The van der Waals surface area contributed by atoms with Gasteiger partial charge < -0.3 is 10.0 Å². The normalized spacial score (nSPS) is 13.0. The monoisotopic (exact) mass is 365 g/mol. The quantitative estimate of drug-likeness (QED) is 0.730. The number of aromatic nitrogens is 1. The number of hydrogen-bond acceptors (Lipinski definition) is 4. The highest BCUT2D eigenvalue weighted by Gasteiger charge is 2.24. The number of pyridine rings is 1. The summed E-state index contributed by atoms with van der Waals surface area (Å²) < 4.78 is 0. The van der Waals surface area contributed by atoms with E-state index in [1.165, 1.54) is 6.20 Å². The highest BCUT2D eigenvalue weighted by Crippen LogP contribution is 2.36. The number of carbonyl (C=O) groups is 2. The van der Waals surface area contributed by atoms with E-state index in [1.54, 1.807) is 35.5 Å². The third-order valence-corrected chi connectivity index (χ3v) is 5.44. The molecule has 26 heavy (non-hydrogen) atoms. The van der Waals surface area contributed by atoms with Gasteiger partial charge in [0.25, 0.3) is 5.91 Å². The molecule has 7 heteroatoms. The zero-order chi connectivity index (χ0) is 18.3. The zero-order valence-electron chi connectivity index (χ0n) is 13.9. The van der Waals surface area contributed by atoms with Crippen LogP contribution in [0.4, 0.5) is 10.5 Å². The average Bonchev–Trinajstić information content (AvgIpc) is 3.20. The molecular weight excluding hydrogens is 350 g/mol. The number of hydrogen-bond donors (Lipinski definition) is 2. The highest BCUT2D eigenvalue weighted by atomic mass is 32.1. The molecule has 0 saturated carbocycles. The summed E-state index contributed by atoms with van der Waals surface area (Å²) in [7, 11) is 1.80. The van der Waals surface area contributed by atoms with Crippen molar-refractivity contribution >= 4 is 29.0 Å². The molecule has 1 aliphatic rings. The van der Waals surface area contributed by atoms with E-state index in [0.29, 0.717) is 12.2 Å². The minimum Gasteiger partial charge on any atom is -0.465 e. The number of nitrogens with zero attached hydrogens (tertiary/aromatic N) is 2. The van der Waals surface area contributed by atoms with Crippen LogP contribution >= 0.6 is 11.3 Å². The Balaban J connectivity index is 1.65. The van der Waals surface area contributed by atoms with Crippen LogP contribution < -0.4 is 5.32 Å². The maximum atomic E-state index is 12.2. The predicted octanol–water partition coefficient (Wildman–Crippen LogP) is 4.15. The third-order valence-electron chi connectivity index (χ3n) is 4.26. The van der Waals surface area contributed by atoms with Gasteiger partial charge in [-0.1, -0.05) is 12.1 Å². The Bertz CT molecular complexity index is 1030. The fraction of sp³-hybridized carbons (Fsp3) is 0.105. The van der Waals surface area contributed by atoms with Gasteiger partial charge in [0.05, 0.1) is 11.9 Å². The number of carboxylic acid groups (broad SMARTS) is 1. The van der Waals surface area contributed by atoms with Crippen LogP contribution in [0.3, 0.4) is 0 Å². The summed E-state index contributed by atoms with van der Waals surface area (Å²) in [6.45, 7) is 0.652. The molecule has 0 unspecified atom stereocenters. The number of amides is 2. The van der Waals surface area contributed by atoms with E-state index in [4.69, 9.17) is 5.11 Å². The SMILES string of the molecule is CN1Cc2ccc(-c3ccc(-c4cncc(NC(=O)O)c4)s3)cc2C1=O. The van der Waals surface area contributed by atoms with Crippen molar-refractivity contribution < 1.29 is 14.7 Å². The van der Waals surface area contributed by atoms with Crippen LogP contribution in [0.25, 0.3) is 20.9 Å². The lowest BCUT2D eigenvalue weighted by atomic mass is 10.1. The molecule has 0 radical (unpaired) electrons. The number of benzene rings is 1. The third kappa shape index (κ3) is 2.93. The first-order valence-corrected chi connectivity index (χ1v) is 8.77. The summed E-state index contributed by atoms with van der Waals surface area (Å²) in [5.41, 5.74) is 4.07. The molecule has 0 aliphatic carbocycles. The predicted molar refractivity (Wildman–Crippen MR) is 100 cm³/mol. The minimum absolute atomic E-state index is 0.0512. The summed E-state index contributed by atoms with van der Waals surface area (Å²) >= 11 is 1.57. The first kappa shape index (κ1) is 16.3. The molecule has 4 rings (SSSR count). The molecule has 0 bridgehead atoms. The summed E-state index contributed by atoms with van der Waals surface area (Å²) in [4.78, 5) is 30.8. The second-order valence-corrected chi connectivity index (χ2v) is 7.17. The van der Waals surface area contributed by atoms with Crippen LogP contribution in [0.1, 0.15) is 15.9 Å². The number of anilines is 1. The first-order chi connectivity index (χ1) is 12.5. The highest BCUT2D eigenvalue weighted by molar-refractivity contribution is 7.18. The standard InChI is InChI=1S/C19H15N3O3S/c1-22-10-12-3-2-11(7-15(12)18(22)23)16-4-5-17(26-16)13-6-14(9-20-8-13)21-19(24)25/h2-9,21H,10H2,1H3,(H,24,25). The van der Waals surface area contributed by atoms with Crippen molar-refractivity contribution in [2.75, 3.05) is 12.4 Å². The Labute approximate surface area is 153 Å². The molecule has 6 nitrogen and oxygen atoms in total. The van der Waals surface area contributed by atoms with Gasteiger partial charge in [0, 0.05) is 40.7 Å². The van der Waals surface area contributed by atoms with E-state index in [0.717, 1.165) is 32.0 Å². The Morgan fingerprint density at radius 1 is 1.15 bits per heavy atom. The van der Waals surface area contributed by atoms with Gasteiger partial charge in [0.15, 0.2) is 0 Å². The average molecular weight is 365 g/mol. The van der Waals surface area contributed by atoms with E-state index in [1.807, 2.05) is 30.3 Å². The lowest BCUT2D eigenvalue weighted by molar-refractivity contribution is 0.0816. The zero-order valence-corrected chi connectivity index (χ0v) is 14.7. The Hall–Kier alpha value is -3.19. The topological polar surface area (TPSA) is 82.5 Å². The van der Waals surface area contributed by atoms with Crippen molar-refractivity contribution in [2.45, 2.75) is 6.54 Å². The number of rotatable bonds is 3. The van der Waals surface area contributed by atoms with Gasteiger partial charge in [0.2, 0.25) is 0 Å². The second-order valence-electron chi connectivity index (χ2n) is 6.09. The van der Waals surface area contributed by atoms with Gasteiger partial charge in [-0.2, -0.15) is 0 Å². The summed E-state index contributed by atoms with van der Waals surface area (Å²) in [5.74, 6) is 0.0512. The van der Waals surface area contributed by atoms with Gasteiger partial charge in [0.1, 0.15) is 0 Å². The maximum Gasteiger partial charge on any atom is 0.409 e. The maximum absolute atomic E-state index is 12.2. The van der Waals surface area contributed by atoms with Gasteiger partial charge in [-0.3, -0.25) is 15.1 Å². The largest absolute Gasteiger partial charge is 0.465 e.